The molecule has 0 aliphatic heterocycles. The Bertz CT molecular complexity index is 222. The van der Waals surface area contributed by atoms with Gasteiger partial charge in [0.05, 0.1) is 0 Å². The average Bonchev–Trinajstić information content (AvgIpc) is 2.09. The summed E-state index contributed by atoms with van der Waals surface area (Å²) in [4.78, 5) is 4.25. The third kappa shape index (κ3) is 3.32. The van der Waals surface area contributed by atoms with Crippen molar-refractivity contribution < 1.29 is 4.74 Å². The lowest BCUT2D eigenvalue weighted by atomic mass is 10.2. The van der Waals surface area contributed by atoms with E-state index in [1.165, 1.54) is 0 Å². The van der Waals surface area contributed by atoms with Crippen LogP contribution >= 0.6 is 15.9 Å². The van der Waals surface area contributed by atoms with Crippen molar-refractivity contribution >= 4 is 15.9 Å². The molecular weight excluding hydrogens is 218 g/mol. The van der Waals surface area contributed by atoms with Crippen LogP contribution in [-0.4, -0.2) is 18.7 Å². The Morgan fingerprint density at radius 2 is 2.33 bits per heavy atom. The summed E-state index contributed by atoms with van der Waals surface area (Å²) >= 11 is 3.34. The van der Waals surface area contributed by atoms with Crippen LogP contribution in [0.15, 0.2) is 22.8 Å². The first-order valence-electron chi connectivity index (χ1n) is 3.92. The third-order valence-corrected chi connectivity index (χ3v) is 2.04. The van der Waals surface area contributed by atoms with Gasteiger partial charge in [0.15, 0.2) is 0 Å². The van der Waals surface area contributed by atoms with E-state index in [0.717, 1.165) is 29.6 Å². The van der Waals surface area contributed by atoms with Crippen molar-refractivity contribution in [3.05, 3.63) is 28.5 Å². The third-order valence-electron chi connectivity index (χ3n) is 1.57. The quantitative estimate of drug-likeness (QED) is 0.741. The van der Waals surface area contributed by atoms with Crippen LogP contribution in [-0.2, 0) is 11.2 Å². The largest absolute Gasteiger partial charge is 0.385 e. The summed E-state index contributed by atoms with van der Waals surface area (Å²) < 4.78 is 5.98. The van der Waals surface area contributed by atoms with E-state index >= 15 is 0 Å². The molecule has 0 atom stereocenters. The van der Waals surface area contributed by atoms with E-state index in [0.29, 0.717) is 0 Å². The van der Waals surface area contributed by atoms with Crippen LogP contribution in [0.5, 0.6) is 0 Å². The lowest BCUT2D eigenvalue weighted by Crippen LogP contribution is -1.94. The summed E-state index contributed by atoms with van der Waals surface area (Å²) in [5.74, 6) is 0. The van der Waals surface area contributed by atoms with Crippen LogP contribution < -0.4 is 0 Å². The van der Waals surface area contributed by atoms with Gasteiger partial charge in [-0.2, -0.15) is 0 Å². The molecule has 0 N–H and O–H groups in total. The number of ether oxygens (including phenoxy) is 1. The molecule has 0 amide bonds. The Balaban J connectivity index is 2.37. The van der Waals surface area contributed by atoms with Gasteiger partial charge in [-0.3, -0.25) is 4.98 Å². The van der Waals surface area contributed by atoms with Crippen molar-refractivity contribution in [3.63, 3.8) is 0 Å². The van der Waals surface area contributed by atoms with E-state index in [9.17, 15) is 0 Å². The summed E-state index contributed by atoms with van der Waals surface area (Å²) in [5, 5.41) is 0. The second-order valence-electron chi connectivity index (χ2n) is 2.56. The molecule has 3 heteroatoms. The fraction of sp³-hybridized carbons (Fsp3) is 0.444. The number of pyridine rings is 1. The highest BCUT2D eigenvalue weighted by molar-refractivity contribution is 9.10. The van der Waals surface area contributed by atoms with Gasteiger partial charge in [-0.25, -0.2) is 0 Å². The summed E-state index contributed by atoms with van der Waals surface area (Å²) in [7, 11) is 1.72. The zero-order valence-corrected chi connectivity index (χ0v) is 8.67. The molecule has 0 aromatic carbocycles. The Morgan fingerprint density at radius 3 is 2.92 bits per heavy atom. The van der Waals surface area contributed by atoms with E-state index in [1.54, 1.807) is 7.11 Å². The standard InChI is InChI=1S/C9H12BrNO/c1-12-6-2-3-9-5-4-8(10)7-11-9/h4-5,7H,2-3,6H2,1H3. The van der Waals surface area contributed by atoms with E-state index < -0.39 is 0 Å². The van der Waals surface area contributed by atoms with Crippen molar-refractivity contribution in [2.24, 2.45) is 0 Å². The molecule has 1 aromatic heterocycles. The molecule has 1 aromatic rings. The second-order valence-corrected chi connectivity index (χ2v) is 3.48. The SMILES string of the molecule is COCCCc1ccc(Br)cn1. The molecule has 1 heterocycles. The maximum Gasteiger partial charge on any atom is 0.0466 e. The Kier molecular flexibility index (Phi) is 4.25. The van der Waals surface area contributed by atoms with E-state index in [4.69, 9.17) is 4.74 Å². The highest BCUT2D eigenvalue weighted by Gasteiger charge is 1.93. The molecule has 0 fully saturated rings. The van der Waals surface area contributed by atoms with Crippen molar-refractivity contribution in [1.82, 2.24) is 4.98 Å². The summed E-state index contributed by atoms with van der Waals surface area (Å²) in [6.07, 6.45) is 3.84. The number of nitrogens with zero attached hydrogens (tertiary/aromatic N) is 1. The highest BCUT2D eigenvalue weighted by Crippen LogP contribution is 2.08. The number of rotatable bonds is 4. The van der Waals surface area contributed by atoms with Crippen molar-refractivity contribution in [1.29, 1.82) is 0 Å². The topological polar surface area (TPSA) is 22.1 Å². The number of aromatic nitrogens is 1. The van der Waals surface area contributed by atoms with Crippen LogP contribution in [0.25, 0.3) is 0 Å². The molecule has 0 aliphatic carbocycles. The predicted molar refractivity (Wildman–Crippen MR) is 52.1 cm³/mol. The Morgan fingerprint density at radius 1 is 1.50 bits per heavy atom. The molecule has 2 nitrogen and oxygen atoms in total. The molecule has 0 spiro atoms. The maximum atomic E-state index is 4.95. The molecule has 0 unspecified atom stereocenters. The fourth-order valence-corrected chi connectivity index (χ4v) is 1.19. The van der Waals surface area contributed by atoms with Gasteiger partial charge in [0.2, 0.25) is 0 Å². The first-order chi connectivity index (χ1) is 5.83. The molecule has 66 valence electrons. The second kappa shape index (κ2) is 5.27. The van der Waals surface area contributed by atoms with E-state index in [2.05, 4.69) is 20.9 Å². The molecule has 0 saturated carbocycles. The van der Waals surface area contributed by atoms with Gasteiger partial charge in [0, 0.05) is 30.1 Å². The van der Waals surface area contributed by atoms with Gasteiger partial charge in [0.1, 0.15) is 0 Å². The summed E-state index contributed by atoms with van der Waals surface area (Å²) in [6, 6.07) is 4.04. The average molecular weight is 230 g/mol. The number of halogens is 1. The monoisotopic (exact) mass is 229 g/mol. The summed E-state index contributed by atoms with van der Waals surface area (Å²) in [6.45, 7) is 0.803. The molecule has 1 rings (SSSR count). The van der Waals surface area contributed by atoms with Crippen molar-refractivity contribution in [2.75, 3.05) is 13.7 Å². The van der Waals surface area contributed by atoms with Crippen molar-refractivity contribution in [2.45, 2.75) is 12.8 Å². The molecule has 0 bridgehead atoms. The molecule has 12 heavy (non-hydrogen) atoms. The number of hydrogen-bond donors (Lipinski definition) is 0. The van der Waals surface area contributed by atoms with Gasteiger partial charge in [-0.05, 0) is 40.9 Å². The Labute approximate surface area is 81.1 Å². The minimum atomic E-state index is 0.803. The van der Waals surface area contributed by atoms with Crippen LogP contribution in [0.1, 0.15) is 12.1 Å². The highest BCUT2D eigenvalue weighted by atomic mass is 79.9. The smallest absolute Gasteiger partial charge is 0.0466 e. The van der Waals surface area contributed by atoms with Crippen LogP contribution in [0.4, 0.5) is 0 Å². The molecule has 0 radical (unpaired) electrons. The lowest BCUT2D eigenvalue weighted by Gasteiger charge is -1.99. The first-order valence-corrected chi connectivity index (χ1v) is 4.71. The number of hydrogen-bond acceptors (Lipinski definition) is 2. The van der Waals surface area contributed by atoms with E-state index in [-0.39, 0.29) is 0 Å². The first kappa shape index (κ1) is 9.68. The van der Waals surface area contributed by atoms with Crippen LogP contribution in [0, 0.1) is 0 Å². The zero-order valence-electron chi connectivity index (χ0n) is 7.09. The number of aryl methyl sites for hydroxylation is 1. The van der Waals surface area contributed by atoms with Gasteiger partial charge < -0.3 is 4.74 Å². The van der Waals surface area contributed by atoms with Crippen molar-refractivity contribution in [3.8, 4) is 0 Å². The molecule has 0 aliphatic rings. The lowest BCUT2D eigenvalue weighted by molar-refractivity contribution is 0.195. The molecule has 0 saturated heterocycles. The molecular formula is C9H12BrNO. The summed E-state index contributed by atoms with van der Waals surface area (Å²) in [5.41, 5.74) is 1.12. The number of methoxy groups -OCH3 is 1. The van der Waals surface area contributed by atoms with Gasteiger partial charge in [-0.15, -0.1) is 0 Å². The Hall–Kier alpha value is -0.410. The minimum Gasteiger partial charge on any atom is -0.385 e. The zero-order chi connectivity index (χ0) is 8.81. The van der Waals surface area contributed by atoms with Gasteiger partial charge in [-0.1, -0.05) is 0 Å². The predicted octanol–water partition coefficient (Wildman–Crippen LogP) is 2.42. The van der Waals surface area contributed by atoms with E-state index in [1.807, 2.05) is 18.3 Å². The maximum absolute atomic E-state index is 4.95. The van der Waals surface area contributed by atoms with Crippen LogP contribution in [0.3, 0.4) is 0 Å². The fourth-order valence-electron chi connectivity index (χ4n) is 0.952. The van der Waals surface area contributed by atoms with Crippen LogP contribution in [0.2, 0.25) is 0 Å². The van der Waals surface area contributed by atoms with Gasteiger partial charge in [0.25, 0.3) is 0 Å². The van der Waals surface area contributed by atoms with Gasteiger partial charge >= 0.3 is 0 Å². The minimum absolute atomic E-state index is 0.803. The normalized spacial score (nSPS) is 10.2.